The molecule has 20 heavy (non-hydrogen) atoms. The number of nitrogens with one attached hydrogen (secondary N) is 1. The van der Waals surface area contributed by atoms with Gasteiger partial charge >= 0.3 is 0 Å². The third kappa shape index (κ3) is 2.96. The second kappa shape index (κ2) is 5.58. The number of rotatable bonds is 3. The van der Waals surface area contributed by atoms with Gasteiger partial charge in [-0.3, -0.25) is 4.79 Å². The van der Waals surface area contributed by atoms with E-state index in [4.69, 9.17) is 5.73 Å². The number of aryl methyl sites for hydroxylation is 2. The molecule has 1 atom stereocenters. The van der Waals surface area contributed by atoms with Crippen LogP contribution in [0.5, 0.6) is 0 Å². The van der Waals surface area contributed by atoms with Crippen LogP contribution in [0.15, 0.2) is 17.5 Å². The van der Waals surface area contributed by atoms with Crippen LogP contribution < -0.4 is 11.1 Å². The first kappa shape index (κ1) is 14.5. The molecule has 1 aromatic heterocycles. The Morgan fingerprint density at radius 2 is 2.15 bits per heavy atom. The minimum absolute atomic E-state index is 0.0392. The average molecular weight is 293 g/mol. The average Bonchev–Trinajstić information content (AvgIpc) is 2.80. The number of hydrogen-bond acceptors (Lipinski definition) is 4. The lowest BCUT2D eigenvalue weighted by molar-refractivity contribution is 0.0935. The third-order valence-electron chi connectivity index (χ3n) is 2.88. The molecule has 106 valence electrons. The molecule has 2 aromatic rings. The molecule has 0 spiro atoms. The Kier molecular flexibility index (Phi) is 4.04. The van der Waals surface area contributed by atoms with E-state index < -0.39 is 11.7 Å². The number of nitrogens with two attached hydrogens (primary N) is 1. The van der Waals surface area contributed by atoms with Crippen LogP contribution in [0.2, 0.25) is 0 Å². The maximum atomic E-state index is 14.0. The van der Waals surface area contributed by atoms with Crippen molar-refractivity contribution in [3.05, 3.63) is 45.2 Å². The van der Waals surface area contributed by atoms with E-state index in [0.29, 0.717) is 11.3 Å². The highest BCUT2D eigenvalue weighted by molar-refractivity contribution is 7.09. The molecule has 0 saturated heterocycles. The highest BCUT2D eigenvalue weighted by atomic mass is 32.1. The van der Waals surface area contributed by atoms with Crippen molar-refractivity contribution in [3.63, 3.8) is 0 Å². The van der Waals surface area contributed by atoms with E-state index in [9.17, 15) is 9.18 Å². The zero-order valence-electron chi connectivity index (χ0n) is 11.5. The Morgan fingerprint density at radius 3 is 2.75 bits per heavy atom. The summed E-state index contributed by atoms with van der Waals surface area (Å²) in [5.74, 6) is -1.03. The lowest BCUT2D eigenvalue weighted by Gasteiger charge is -2.13. The Hall–Kier alpha value is -1.95. The number of thiazole rings is 1. The largest absolute Gasteiger partial charge is 0.399 e. The highest BCUT2D eigenvalue weighted by Gasteiger charge is 2.18. The quantitative estimate of drug-likeness (QED) is 0.855. The summed E-state index contributed by atoms with van der Waals surface area (Å²) in [5.41, 5.74) is 7.24. The maximum Gasteiger partial charge on any atom is 0.254 e. The number of aromatic nitrogens is 1. The number of carbonyl (C=O) groups excluding carboxylic acids is 1. The molecule has 0 bridgehead atoms. The third-order valence-corrected chi connectivity index (χ3v) is 4.02. The Labute approximate surface area is 120 Å². The number of anilines is 1. The van der Waals surface area contributed by atoms with Crippen LogP contribution in [-0.4, -0.2) is 10.9 Å². The molecule has 4 nitrogen and oxygen atoms in total. The van der Waals surface area contributed by atoms with Gasteiger partial charge in [-0.05, 0) is 38.5 Å². The fraction of sp³-hybridized carbons (Fsp3) is 0.286. The number of benzene rings is 1. The van der Waals surface area contributed by atoms with E-state index in [-0.39, 0.29) is 11.6 Å². The van der Waals surface area contributed by atoms with Gasteiger partial charge in [0.05, 0.1) is 11.6 Å². The van der Waals surface area contributed by atoms with Crippen molar-refractivity contribution in [2.24, 2.45) is 0 Å². The van der Waals surface area contributed by atoms with Gasteiger partial charge in [0.15, 0.2) is 0 Å². The topological polar surface area (TPSA) is 68.0 Å². The summed E-state index contributed by atoms with van der Waals surface area (Å²) in [6, 6.07) is 2.57. The second-order valence-electron chi connectivity index (χ2n) is 4.72. The van der Waals surface area contributed by atoms with Gasteiger partial charge in [0.2, 0.25) is 0 Å². The summed E-state index contributed by atoms with van der Waals surface area (Å²) in [4.78, 5) is 16.4. The van der Waals surface area contributed by atoms with Gasteiger partial charge in [-0.1, -0.05) is 0 Å². The summed E-state index contributed by atoms with van der Waals surface area (Å²) in [5, 5.41) is 5.43. The van der Waals surface area contributed by atoms with E-state index in [1.165, 1.54) is 23.5 Å². The number of nitrogen functional groups attached to an aromatic ring is 1. The second-order valence-corrected chi connectivity index (χ2v) is 5.61. The number of carbonyl (C=O) groups is 1. The zero-order valence-corrected chi connectivity index (χ0v) is 12.3. The smallest absolute Gasteiger partial charge is 0.254 e. The fourth-order valence-electron chi connectivity index (χ4n) is 1.87. The summed E-state index contributed by atoms with van der Waals surface area (Å²) < 4.78 is 14.0. The van der Waals surface area contributed by atoms with Gasteiger partial charge in [0.1, 0.15) is 10.8 Å². The minimum atomic E-state index is -0.542. The lowest BCUT2D eigenvalue weighted by atomic mass is 10.1. The van der Waals surface area contributed by atoms with Gasteiger partial charge in [0.25, 0.3) is 5.91 Å². The molecular weight excluding hydrogens is 277 g/mol. The van der Waals surface area contributed by atoms with Crippen molar-refractivity contribution in [1.82, 2.24) is 10.3 Å². The van der Waals surface area contributed by atoms with E-state index in [1.54, 1.807) is 6.92 Å². The van der Waals surface area contributed by atoms with Crippen molar-refractivity contribution in [3.8, 4) is 0 Å². The number of halogens is 1. The van der Waals surface area contributed by atoms with Crippen LogP contribution in [0.3, 0.4) is 0 Å². The van der Waals surface area contributed by atoms with Crippen molar-refractivity contribution < 1.29 is 9.18 Å². The number of nitrogens with zero attached hydrogens (tertiary/aromatic N) is 1. The predicted molar refractivity (Wildman–Crippen MR) is 78.3 cm³/mol. The molecule has 1 amide bonds. The number of amides is 1. The van der Waals surface area contributed by atoms with Gasteiger partial charge in [0, 0.05) is 16.8 Å². The molecule has 0 saturated carbocycles. The fourth-order valence-corrected chi connectivity index (χ4v) is 2.67. The van der Waals surface area contributed by atoms with Crippen LogP contribution in [0.4, 0.5) is 10.1 Å². The Balaban J connectivity index is 2.20. The molecule has 0 radical (unpaired) electrons. The first-order valence-corrected chi connectivity index (χ1v) is 7.05. The zero-order chi connectivity index (χ0) is 14.9. The van der Waals surface area contributed by atoms with Crippen molar-refractivity contribution in [2.75, 3.05) is 5.73 Å². The van der Waals surface area contributed by atoms with Gasteiger partial charge < -0.3 is 11.1 Å². The molecule has 3 N–H and O–H groups in total. The SMILES string of the molecule is Cc1csc(C(C)NC(=O)c2cc(N)cc(C)c2F)n1. The van der Waals surface area contributed by atoms with Crippen LogP contribution >= 0.6 is 11.3 Å². The molecule has 2 rings (SSSR count). The normalized spacial score (nSPS) is 12.2. The maximum absolute atomic E-state index is 14.0. The molecule has 1 heterocycles. The van der Waals surface area contributed by atoms with Crippen molar-refractivity contribution in [1.29, 1.82) is 0 Å². The van der Waals surface area contributed by atoms with Crippen LogP contribution in [0.25, 0.3) is 0 Å². The first-order chi connectivity index (χ1) is 9.38. The molecule has 0 aliphatic rings. The summed E-state index contributed by atoms with van der Waals surface area (Å²) in [7, 11) is 0. The summed E-state index contributed by atoms with van der Waals surface area (Å²) in [6.07, 6.45) is 0. The van der Waals surface area contributed by atoms with E-state index in [0.717, 1.165) is 10.7 Å². The molecule has 1 aromatic carbocycles. The van der Waals surface area contributed by atoms with Crippen LogP contribution in [0.1, 0.15) is 39.6 Å². The van der Waals surface area contributed by atoms with Crippen LogP contribution in [-0.2, 0) is 0 Å². The van der Waals surface area contributed by atoms with E-state index in [1.807, 2.05) is 19.2 Å². The van der Waals surface area contributed by atoms with Gasteiger partial charge in [-0.25, -0.2) is 9.37 Å². The Bertz CT molecular complexity index is 654. The highest BCUT2D eigenvalue weighted by Crippen LogP contribution is 2.20. The first-order valence-electron chi connectivity index (χ1n) is 6.17. The van der Waals surface area contributed by atoms with Crippen molar-refractivity contribution >= 4 is 22.9 Å². The van der Waals surface area contributed by atoms with Crippen LogP contribution in [0, 0.1) is 19.7 Å². The summed E-state index contributed by atoms with van der Waals surface area (Å²) >= 11 is 1.46. The molecule has 6 heteroatoms. The van der Waals surface area contributed by atoms with E-state index >= 15 is 0 Å². The minimum Gasteiger partial charge on any atom is -0.399 e. The van der Waals surface area contributed by atoms with E-state index in [2.05, 4.69) is 10.3 Å². The van der Waals surface area contributed by atoms with Gasteiger partial charge in [-0.2, -0.15) is 0 Å². The Morgan fingerprint density at radius 1 is 1.45 bits per heavy atom. The molecule has 1 unspecified atom stereocenters. The molecule has 0 fully saturated rings. The molecule has 0 aliphatic heterocycles. The van der Waals surface area contributed by atoms with Crippen molar-refractivity contribution in [2.45, 2.75) is 26.8 Å². The summed E-state index contributed by atoms with van der Waals surface area (Å²) in [6.45, 7) is 5.28. The standard InChI is InChI=1S/C14H16FN3OS/c1-7-4-10(16)5-11(12(7)15)13(19)18-9(3)14-17-8(2)6-20-14/h4-6,9H,16H2,1-3H3,(H,18,19). The number of hydrogen-bond donors (Lipinski definition) is 2. The molecule has 0 aliphatic carbocycles. The predicted octanol–water partition coefficient (Wildman–Crippen LogP) is 2.97. The lowest BCUT2D eigenvalue weighted by Crippen LogP contribution is -2.27. The molecular formula is C14H16FN3OS. The van der Waals surface area contributed by atoms with Gasteiger partial charge in [-0.15, -0.1) is 11.3 Å². The monoisotopic (exact) mass is 293 g/mol.